The molecule has 0 aromatic heterocycles. The molecule has 0 radical (unpaired) electrons. The minimum absolute atomic E-state index is 0.00607. The van der Waals surface area contributed by atoms with Crippen LogP contribution in [-0.4, -0.2) is 39.9 Å². The summed E-state index contributed by atoms with van der Waals surface area (Å²) < 4.78 is 0. The molecular formula is C29H31ClN2O4. The number of nitrogens with zero attached hydrogens (tertiary/aromatic N) is 2. The van der Waals surface area contributed by atoms with Crippen molar-refractivity contribution in [1.82, 2.24) is 4.90 Å². The molecule has 3 saturated carbocycles. The molecule has 5 atom stereocenters. The average Bonchev–Trinajstić information content (AvgIpc) is 3.80. The van der Waals surface area contributed by atoms with Crippen LogP contribution in [0.5, 0.6) is 0 Å². The fourth-order valence-electron chi connectivity index (χ4n) is 6.68. The Morgan fingerprint density at radius 3 is 2.50 bits per heavy atom. The lowest BCUT2D eigenvalue weighted by Crippen LogP contribution is -2.53. The monoisotopic (exact) mass is 506 g/mol. The third-order valence-corrected chi connectivity index (χ3v) is 8.73. The highest BCUT2D eigenvalue weighted by molar-refractivity contribution is 6.31. The van der Waals surface area contributed by atoms with Crippen molar-refractivity contribution >= 4 is 35.1 Å². The molecule has 3 fully saturated rings. The second kappa shape index (κ2) is 9.22. The van der Waals surface area contributed by atoms with Crippen LogP contribution < -0.4 is 4.90 Å². The highest BCUT2D eigenvalue weighted by Crippen LogP contribution is 2.56. The lowest BCUT2D eigenvalue weighted by molar-refractivity contribution is -0.143. The number of hydrogen-bond donors (Lipinski definition) is 1. The van der Waals surface area contributed by atoms with E-state index in [1.807, 2.05) is 46.2 Å². The minimum Gasteiger partial charge on any atom is -0.481 e. The van der Waals surface area contributed by atoms with Gasteiger partial charge in [0, 0.05) is 35.4 Å². The lowest BCUT2D eigenvalue weighted by Gasteiger charge is -2.48. The predicted molar refractivity (Wildman–Crippen MR) is 137 cm³/mol. The van der Waals surface area contributed by atoms with Crippen LogP contribution in [0.2, 0.25) is 5.02 Å². The van der Waals surface area contributed by atoms with E-state index in [1.54, 1.807) is 0 Å². The number of carboxylic acid groups (broad SMARTS) is 1. The van der Waals surface area contributed by atoms with Gasteiger partial charge in [0.25, 0.3) is 0 Å². The molecule has 4 aliphatic rings. The number of anilines is 1. The highest BCUT2D eigenvalue weighted by Gasteiger charge is 2.54. The summed E-state index contributed by atoms with van der Waals surface area (Å²) in [5, 5.41) is 9.75. The second-order valence-electron chi connectivity index (χ2n) is 10.8. The quantitative estimate of drug-likeness (QED) is 0.533. The van der Waals surface area contributed by atoms with Crippen LogP contribution >= 0.6 is 11.6 Å². The molecule has 1 heterocycles. The zero-order valence-corrected chi connectivity index (χ0v) is 20.9. The Hall–Kier alpha value is -2.86. The van der Waals surface area contributed by atoms with Crippen molar-refractivity contribution in [3.05, 3.63) is 64.7 Å². The summed E-state index contributed by atoms with van der Waals surface area (Å²) in [7, 11) is 0. The first-order valence-corrected chi connectivity index (χ1v) is 13.5. The topological polar surface area (TPSA) is 77.9 Å². The minimum atomic E-state index is -0.956. The van der Waals surface area contributed by atoms with E-state index in [9.17, 15) is 19.5 Å². The smallest absolute Gasteiger partial charge is 0.303 e. The van der Waals surface area contributed by atoms with Crippen molar-refractivity contribution in [3.63, 3.8) is 0 Å². The van der Waals surface area contributed by atoms with Gasteiger partial charge in [-0.05, 0) is 61.3 Å². The van der Waals surface area contributed by atoms with E-state index in [1.165, 1.54) is 5.56 Å². The fourth-order valence-corrected chi connectivity index (χ4v) is 6.84. The second-order valence-corrected chi connectivity index (χ2v) is 11.2. The third-order valence-electron chi connectivity index (χ3n) is 8.49. The fraction of sp³-hybridized carbons (Fsp3) is 0.483. The predicted octanol–water partition coefficient (Wildman–Crippen LogP) is 5.56. The summed E-state index contributed by atoms with van der Waals surface area (Å²) in [5.74, 6) is -0.525. The van der Waals surface area contributed by atoms with E-state index < -0.39 is 5.97 Å². The summed E-state index contributed by atoms with van der Waals surface area (Å²) in [5.41, 5.74) is 3.02. The van der Waals surface area contributed by atoms with Gasteiger partial charge in [0.05, 0.1) is 18.2 Å². The number of fused-ring (bicyclic) bond motifs is 2. The van der Waals surface area contributed by atoms with Gasteiger partial charge < -0.3 is 14.9 Å². The summed E-state index contributed by atoms with van der Waals surface area (Å²) in [6, 6.07) is 16.0. The average molecular weight is 507 g/mol. The van der Waals surface area contributed by atoms with E-state index in [0.717, 1.165) is 49.8 Å². The molecular weight excluding hydrogens is 476 g/mol. The Labute approximate surface area is 216 Å². The number of rotatable bonds is 7. The number of carbonyl (C=O) groups excluding carboxylic acids is 2. The summed E-state index contributed by atoms with van der Waals surface area (Å²) in [6.45, 7) is 0. The zero-order chi connectivity index (χ0) is 25.0. The number of amides is 2. The SMILES string of the molecule is O=C(O)CCC(=O)N(C1CC1)[C@H]1c2ccc(Cl)cc2N(C(=O)[C@@H]2C[C@H]2c2ccccc2)[C@H]2CCC[C@H]21. The van der Waals surface area contributed by atoms with Gasteiger partial charge in [-0.25, -0.2) is 0 Å². The number of halogens is 1. The maximum absolute atomic E-state index is 14.0. The Kier molecular flexibility index (Phi) is 6.03. The molecule has 2 amide bonds. The van der Waals surface area contributed by atoms with E-state index in [4.69, 9.17) is 11.6 Å². The Bertz CT molecular complexity index is 1200. The van der Waals surface area contributed by atoms with Crippen LogP contribution in [0.25, 0.3) is 0 Å². The summed E-state index contributed by atoms with van der Waals surface area (Å²) >= 11 is 6.47. The van der Waals surface area contributed by atoms with Crippen LogP contribution in [0.1, 0.15) is 74.5 Å². The molecule has 188 valence electrons. The van der Waals surface area contributed by atoms with Crippen molar-refractivity contribution in [2.24, 2.45) is 11.8 Å². The van der Waals surface area contributed by atoms with E-state index in [-0.39, 0.29) is 60.5 Å². The van der Waals surface area contributed by atoms with Crippen LogP contribution in [-0.2, 0) is 14.4 Å². The molecule has 2 aromatic carbocycles. The number of benzene rings is 2. The first-order valence-electron chi connectivity index (χ1n) is 13.1. The van der Waals surface area contributed by atoms with Crippen LogP contribution in [0.4, 0.5) is 5.69 Å². The van der Waals surface area contributed by atoms with Crippen molar-refractivity contribution < 1.29 is 19.5 Å². The van der Waals surface area contributed by atoms with Gasteiger partial charge >= 0.3 is 5.97 Å². The molecule has 3 aliphatic carbocycles. The van der Waals surface area contributed by atoms with Gasteiger partial charge in [-0.1, -0.05) is 54.4 Å². The van der Waals surface area contributed by atoms with Gasteiger partial charge in [0.1, 0.15) is 0 Å². The van der Waals surface area contributed by atoms with Crippen molar-refractivity contribution in [2.45, 2.75) is 75.4 Å². The van der Waals surface area contributed by atoms with E-state index in [0.29, 0.717) is 5.02 Å². The molecule has 0 spiro atoms. The van der Waals surface area contributed by atoms with Gasteiger partial charge in [-0.3, -0.25) is 14.4 Å². The molecule has 0 bridgehead atoms. The largest absolute Gasteiger partial charge is 0.481 e. The first-order chi connectivity index (χ1) is 17.4. The van der Waals surface area contributed by atoms with Crippen molar-refractivity contribution in [2.75, 3.05) is 4.90 Å². The molecule has 6 rings (SSSR count). The third kappa shape index (κ3) is 4.19. The van der Waals surface area contributed by atoms with E-state index in [2.05, 4.69) is 12.1 Å². The standard InChI is InChI=1S/C29H31ClN2O4/c30-18-9-12-21-25(15-18)32(29(36)23-16-22(23)17-5-2-1-3-6-17)24-8-4-7-20(24)28(21)31(19-10-11-19)26(33)13-14-27(34)35/h1-3,5-6,9,12,15,19-20,22-24,28H,4,7-8,10-11,13-14,16H2,(H,34,35)/t20-,22+,23-,24+,28-/m1/s1. The van der Waals surface area contributed by atoms with Gasteiger partial charge in [-0.2, -0.15) is 0 Å². The Morgan fingerprint density at radius 2 is 1.78 bits per heavy atom. The van der Waals surface area contributed by atoms with Gasteiger partial charge in [0.15, 0.2) is 0 Å². The maximum atomic E-state index is 14.0. The Morgan fingerprint density at radius 1 is 1.00 bits per heavy atom. The van der Waals surface area contributed by atoms with Gasteiger partial charge in [0.2, 0.25) is 11.8 Å². The molecule has 6 nitrogen and oxygen atoms in total. The lowest BCUT2D eigenvalue weighted by atomic mass is 9.81. The Balaban J connectivity index is 1.36. The summed E-state index contributed by atoms with van der Waals surface area (Å²) in [6.07, 6.45) is 5.45. The molecule has 36 heavy (non-hydrogen) atoms. The molecule has 1 aliphatic heterocycles. The molecule has 0 unspecified atom stereocenters. The number of aliphatic carboxylic acids is 1. The first kappa shape index (κ1) is 23.5. The zero-order valence-electron chi connectivity index (χ0n) is 20.2. The van der Waals surface area contributed by atoms with Crippen LogP contribution in [0, 0.1) is 11.8 Å². The number of hydrogen-bond acceptors (Lipinski definition) is 3. The van der Waals surface area contributed by atoms with Crippen LogP contribution in [0.15, 0.2) is 48.5 Å². The summed E-state index contributed by atoms with van der Waals surface area (Å²) in [4.78, 5) is 42.6. The van der Waals surface area contributed by atoms with Crippen molar-refractivity contribution in [1.29, 1.82) is 0 Å². The molecule has 7 heteroatoms. The van der Waals surface area contributed by atoms with Crippen molar-refractivity contribution in [3.8, 4) is 0 Å². The maximum Gasteiger partial charge on any atom is 0.303 e. The van der Waals surface area contributed by atoms with E-state index >= 15 is 0 Å². The molecule has 1 N–H and O–H groups in total. The number of carbonyl (C=O) groups is 3. The number of carboxylic acids is 1. The van der Waals surface area contributed by atoms with Crippen LogP contribution in [0.3, 0.4) is 0 Å². The van der Waals surface area contributed by atoms with Gasteiger partial charge in [-0.15, -0.1) is 0 Å². The highest BCUT2D eigenvalue weighted by atomic mass is 35.5. The normalized spacial score (nSPS) is 28.2. The molecule has 0 saturated heterocycles. The molecule has 2 aromatic rings.